The topological polar surface area (TPSA) is 27.5 Å². The second kappa shape index (κ2) is 14.7. The number of hydrogen-bond acceptors (Lipinski definition) is 2. The molecule has 0 saturated heterocycles. The third-order valence-corrected chi connectivity index (χ3v) is 13.2. The highest BCUT2D eigenvalue weighted by Gasteiger charge is 2.78. The van der Waals surface area contributed by atoms with E-state index in [1.165, 1.54) is 52.3 Å². The molecule has 4 nitrogen and oxygen atoms in total. The smallest absolute Gasteiger partial charge is 0.296 e. The van der Waals surface area contributed by atoms with E-state index in [1.807, 2.05) is 12.1 Å². The molecule has 3 atom stereocenters. The monoisotopic (exact) mass is 741 g/mol. The largest absolute Gasteiger partial charge is 0.501 e. The van der Waals surface area contributed by atoms with Crippen LogP contribution < -0.4 is 4.40 Å². The predicted octanol–water partition coefficient (Wildman–Crippen LogP) is 12.5. The highest BCUT2D eigenvalue weighted by molar-refractivity contribution is 6.04. The van der Waals surface area contributed by atoms with Crippen LogP contribution in [0.15, 0.2) is 96.9 Å². The Kier molecular flexibility index (Phi) is 10.4. The molecule has 1 fully saturated rings. The number of allylic oxidation sites excluding steroid dienone is 2. The molecule has 0 amide bonds. The number of nitrogens with zero attached hydrogens (tertiary/aromatic N) is 2. The van der Waals surface area contributed by atoms with Gasteiger partial charge in [-0.1, -0.05) is 142 Å². The van der Waals surface area contributed by atoms with Crippen LogP contribution in [-0.2, 0) is 32.3 Å². The van der Waals surface area contributed by atoms with Gasteiger partial charge in [0.25, 0.3) is 5.65 Å². The molecule has 0 radical (unpaired) electrons. The van der Waals surface area contributed by atoms with Gasteiger partial charge in [0.15, 0.2) is 11.3 Å². The number of aromatic nitrogens is 2. The Labute approximate surface area is 328 Å². The number of benzene rings is 3. The molecule has 0 N–H and O–H groups in total. The number of hydrogen-bond donors (Lipinski definition) is 0. The van der Waals surface area contributed by atoms with Crippen LogP contribution in [0.3, 0.4) is 0 Å². The first-order valence-electron chi connectivity index (χ1n) is 20.7. The molecule has 1 aliphatic heterocycles. The van der Waals surface area contributed by atoms with Crippen molar-refractivity contribution in [1.29, 1.82) is 0 Å². The van der Waals surface area contributed by atoms with Crippen molar-refractivity contribution in [2.75, 3.05) is 13.7 Å². The van der Waals surface area contributed by atoms with Crippen LogP contribution in [0, 0.1) is 11.2 Å². The Balaban J connectivity index is 1.31. The summed E-state index contributed by atoms with van der Waals surface area (Å²) in [7, 11) is 1.76. The third kappa shape index (κ3) is 6.16. The van der Waals surface area contributed by atoms with Crippen LogP contribution in [0.4, 0.5) is 4.39 Å². The van der Waals surface area contributed by atoms with Crippen molar-refractivity contribution in [3.63, 3.8) is 0 Å². The highest BCUT2D eigenvalue weighted by Crippen LogP contribution is 2.74. The normalized spacial score (nSPS) is 20.8. The molecule has 0 bridgehead atoms. The lowest BCUT2D eigenvalue weighted by Gasteiger charge is -2.30. The van der Waals surface area contributed by atoms with Gasteiger partial charge < -0.3 is 9.47 Å². The fourth-order valence-electron chi connectivity index (χ4n) is 10.2. The van der Waals surface area contributed by atoms with E-state index in [-0.39, 0.29) is 33.7 Å². The van der Waals surface area contributed by atoms with E-state index in [1.54, 1.807) is 13.2 Å². The van der Waals surface area contributed by atoms with Crippen molar-refractivity contribution in [1.82, 2.24) is 4.57 Å². The number of aryl methyl sites for hydroxylation is 1. The molecule has 5 heteroatoms. The van der Waals surface area contributed by atoms with Crippen molar-refractivity contribution in [3.8, 4) is 0 Å². The quantitative estimate of drug-likeness (QED) is 0.0436. The van der Waals surface area contributed by atoms with Crippen molar-refractivity contribution >= 4 is 33.5 Å². The number of halogens is 1. The standard InChI is InChI=1S/C50H62FN2O2/c1-11-15-16-30-48(8,9)39-33-52-45-40(51)21-18-22-41(45)53-46(52)44-37(39)19-17-20-38(44)49(13-3)42(50(49,53)14-4)29-31-55-43(47(5,6)7)32-36(54-10)28-27-35-25-23-34(12-2)24-26-35/h12,17-26,29,32-33,43H,2,11,13-16,27-28,30-31H2,1,3-10H3/q+1. The SMILES string of the molecule is C=Cc1ccc(CCC(=CC(OCC=C2C3(CC)c4cccc5c(C(C)(C)CCCCC)c[n+]6c7c(F)cccc7n(c6c45)C23CC)C(C)(C)C)OC)cc1. The molecule has 2 aromatic heterocycles. The zero-order valence-corrected chi connectivity index (χ0v) is 34.8. The van der Waals surface area contributed by atoms with E-state index in [9.17, 15) is 0 Å². The maximum Gasteiger partial charge on any atom is 0.296 e. The number of unbranched alkanes of at least 4 members (excludes halogenated alkanes) is 2. The van der Waals surface area contributed by atoms with E-state index in [2.05, 4.69) is 138 Å². The van der Waals surface area contributed by atoms with E-state index in [0.717, 1.165) is 54.6 Å². The molecule has 3 heterocycles. The molecule has 5 aromatic rings. The Hall–Kier alpha value is -4.22. The van der Waals surface area contributed by atoms with Crippen LogP contribution in [0.5, 0.6) is 0 Å². The lowest BCUT2D eigenvalue weighted by molar-refractivity contribution is -0.483. The maximum atomic E-state index is 16.2. The predicted molar refractivity (Wildman–Crippen MR) is 227 cm³/mol. The van der Waals surface area contributed by atoms with Gasteiger partial charge in [0.05, 0.1) is 36.4 Å². The summed E-state index contributed by atoms with van der Waals surface area (Å²) in [6, 6.07) is 21.1. The summed E-state index contributed by atoms with van der Waals surface area (Å²) in [5, 5.41) is 2.57. The van der Waals surface area contributed by atoms with E-state index in [4.69, 9.17) is 9.47 Å². The van der Waals surface area contributed by atoms with Crippen molar-refractivity contribution in [3.05, 3.63) is 125 Å². The molecular formula is C50H62FN2O2+. The van der Waals surface area contributed by atoms with Gasteiger partial charge in [-0.2, -0.15) is 4.40 Å². The van der Waals surface area contributed by atoms with Gasteiger partial charge in [-0.05, 0) is 82.4 Å². The Morgan fingerprint density at radius 2 is 1.71 bits per heavy atom. The van der Waals surface area contributed by atoms with Gasteiger partial charge >= 0.3 is 0 Å². The van der Waals surface area contributed by atoms with Gasteiger partial charge in [0, 0.05) is 12.0 Å². The lowest BCUT2D eigenvalue weighted by atomic mass is 9.76. The van der Waals surface area contributed by atoms with Crippen LogP contribution in [0.2, 0.25) is 0 Å². The molecule has 1 saturated carbocycles. The molecule has 3 aromatic carbocycles. The van der Waals surface area contributed by atoms with Crippen molar-refractivity contribution in [2.24, 2.45) is 5.41 Å². The second-order valence-corrected chi connectivity index (χ2v) is 17.7. The van der Waals surface area contributed by atoms with E-state index < -0.39 is 0 Å². The summed E-state index contributed by atoms with van der Waals surface area (Å²) in [4.78, 5) is 0. The summed E-state index contributed by atoms with van der Waals surface area (Å²) >= 11 is 0. The molecule has 55 heavy (non-hydrogen) atoms. The summed E-state index contributed by atoms with van der Waals surface area (Å²) < 4.78 is 33.8. The van der Waals surface area contributed by atoms with E-state index >= 15 is 4.39 Å². The molecule has 1 aliphatic carbocycles. The number of fused-ring (bicyclic) bond motifs is 6. The van der Waals surface area contributed by atoms with Crippen LogP contribution in [-0.4, -0.2) is 24.4 Å². The Morgan fingerprint density at radius 3 is 2.36 bits per heavy atom. The molecule has 290 valence electrons. The Morgan fingerprint density at radius 1 is 0.964 bits per heavy atom. The maximum absolute atomic E-state index is 16.2. The third-order valence-electron chi connectivity index (χ3n) is 13.2. The van der Waals surface area contributed by atoms with Crippen molar-refractivity contribution in [2.45, 2.75) is 129 Å². The van der Waals surface area contributed by atoms with E-state index in [0.29, 0.717) is 12.1 Å². The first-order valence-corrected chi connectivity index (χ1v) is 20.7. The minimum atomic E-state index is -0.322. The summed E-state index contributed by atoms with van der Waals surface area (Å²) in [5.74, 6) is 0.761. The summed E-state index contributed by atoms with van der Waals surface area (Å²) in [6.07, 6.45) is 16.7. The van der Waals surface area contributed by atoms with Crippen LogP contribution >= 0.6 is 0 Å². The minimum Gasteiger partial charge on any atom is -0.501 e. The van der Waals surface area contributed by atoms with Crippen LogP contribution in [0.25, 0.3) is 33.5 Å². The molecular weight excluding hydrogens is 680 g/mol. The fourth-order valence-corrected chi connectivity index (χ4v) is 10.2. The minimum absolute atomic E-state index is 0.0733. The summed E-state index contributed by atoms with van der Waals surface area (Å²) in [5.41, 5.74) is 8.42. The van der Waals surface area contributed by atoms with Gasteiger partial charge in [0.1, 0.15) is 11.7 Å². The summed E-state index contributed by atoms with van der Waals surface area (Å²) in [6.45, 7) is 22.7. The zero-order chi connectivity index (χ0) is 39.3. The Bertz CT molecular complexity index is 2300. The molecule has 3 unspecified atom stereocenters. The lowest BCUT2D eigenvalue weighted by Crippen LogP contribution is -2.35. The number of rotatable bonds is 16. The number of imidazole rings is 1. The van der Waals surface area contributed by atoms with Gasteiger partial charge in [-0.25, -0.2) is 8.96 Å². The molecule has 0 spiro atoms. The molecule has 7 rings (SSSR count). The number of pyridine rings is 1. The first kappa shape index (κ1) is 39.0. The number of ether oxygens (including phenoxy) is 2. The van der Waals surface area contributed by atoms with Gasteiger partial charge in [-0.15, -0.1) is 0 Å². The van der Waals surface area contributed by atoms with Crippen LogP contribution in [0.1, 0.15) is 123 Å². The average molecular weight is 742 g/mol. The van der Waals surface area contributed by atoms with Gasteiger partial charge in [-0.3, -0.25) is 0 Å². The second-order valence-electron chi connectivity index (χ2n) is 17.7. The van der Waals surface area contributed by atoms with Gasteiger partial charge in [0.2, 0.25) is 5.52 Å². The van der Waals surface area contributed by atoms with Crippen molar-refractivity contribution < 1.29 is 18.3 Å². The molecule has 2 aliphatic rings. The number of para-hydroxylation sites is 1. The fraction of sp³-hybridized carbons (Fsp3) is 0.460. The highest BCUT2D eigenvalue weighted by atomic mass is 19.1. The average Bonchev–Trinajstić information content (AvgIpc) is 3.61. The zero-order valence-electron chi connectivity index (χ0n) is 34.8. The number of methoxy groups -OCH3 is 1. The first-order chi connectivity index (χ1) is 26.3.